The zero-order valence-corrected chi connectivity index (χ0v) is 15.0. The molecule has 0 saturated carbocycles. The van der Waals surface area contributed by atoms with Gasteiger partial charge in [0, 0.05) is 17.5 Å². The van der Waals surface area contributed by atoms with Crippen LogP contribution in [0, 0.1) is 0 Å². The van der Waals surface area contributed by atoms with Crippen molar-refractivity contribution in [3.63, 3.8) is 0 Å². The molecule has 0 spiro atoms. The third kappa shape index (κ3) is 4.89. The van der Waals surface area contributed by atoms with Gasteiger partial charge in [-0.15, -0.1) is 11.3 Å². The molecule has 0 aliphatic rings. The van der Waals surface area contributed by atoms with Crippen molar-refractivity contribution < 1.29 is 14.3 Å². The van der Waals surface area contributed by atoms with Crippen LogP contribution < -0.4 is 5.32 Å². The number of hydrogen-bond donors (Lipinski definition) is 1. The van der Waals surface area contributed by atoms with Gasteiger partial charge in [-0.1, -0.05) is 31.2 Å². The van der Waals surface area contributed by atoms with Crippen molar-refractivity contribution in [1.29, 1.82) is 0 Å². The second kappa shape index (κ2) is 8.59. The van der Waals surface area contributed by atoms with Gasteiger partial charge in [-0.05, 0) is 25.8 Å². The summed E-state index contributed by atoms with van der Waals surface area (Å²) in [6, 6.07) is 8.24. The fourth-order valence-corrected chi connectivity index (χ4v) is 2.99. The molecule has 1 N–H and O–H groups in total. The molecule has 0 aliphatic carbocycles. The van der Waals surface area contributed by atoms with Gasteiger partial charge in [0.25, 0.3) is 5.91 Å². The topological polar surface area (TPSA) is 68.3 Å². The SMILES string of the molecule is CCNC(=O)[C@H](C)OC(=O)Cc1csc(-c2ccc(CC)cc2)n1. The highest BCUT2D eigenvalue weighted by molar-refractivity contribution is 7.13. The molecule has 1 amide bonds. The second-order valence-electron chi connectivity index (χ2n) is 5.40. The van der Waals surface area contributed by atoms with E-state index in [2.05, 4.69) is 29.4 Å². The van der Waals surface area contributed by atoms with E-state index in [1.807, 2.05) is 24.4 Å². The Balaban J connectivity index is 1.95. The number of ether oxygens (including phenoxy) is 1. The van der Waals surface area contributed by atoms with Gasteiger partial charge in [0.2, 0.25) is 0 Å². The van der Waals surface area contributed by atoms with Crippen LogP contribution in [-0.4, -0.2) is 29.5 Å². The van der Waals surface area contributed by atoms with E-state index in [0.29, 0.717) is 12.2 Å². The summed E-state index contributed by atoms with van der Waals surface area (Å²) in [7, 11) is 0. The van der Waals surface area contributed by atoms with Crippen LogP contribution in [-0.2, 0) is 27.2 Å². The highest BCUT2D eigenvalue weighted by Crippen LogP contribution is 2.24. The smallest absolute Gasteiger partial charge is 0.312 e. The Bertz CT molecular complexity index is 695. The van der Waals surface area contributed by atoms with Crippen LogP contribution in [0.2, 0.25) is 0 Å². The number of aromatic nitrogens is 1. The summed E-state index contributed by atoms with van der Waals surface area (Å²) in [6.45, 7) is 6.00. The van der Waals surface area contributed by atoms with Crippen LogP contribution in [0.15, 0.2) is 29.6 Å². The van der Waals surface area contributed by atoms with Crippen LogP contribution in [0.25, 0.3) is 10.6 Å². The van der Waals surface area contributed by atoms with Gasteiger partial charge in [0.05, 0.1) is 12.1 Å². The van der Waals surface area contributed by atoms with Gasteiger partial charge in [-0.3, -0.25) is 9.59 Å². The molecule has 5 nitrogen and oxygen atoms in total. The van der Waals surface area contributed by atoms with Crippen molar-refractivity contribution in [2.45, 2.75) is 39.7 Å². The third-order valence-corrected chi connectivity index (χ3v) is 4.45. The summed E-state index contributed by atoms with van der Waals surface area (Å²) in [6.07, 6.45) is 0.268. The van der Waals surface area contributed by atoms with E-state index < -0.39 is 12.1 Å². The standard InChI is InChI=1S/C18H22N2O3S/c1-4-13-6-8-14(9-7-13)18-20-15(11-24-18)10-16(21)23-12(3)17(22)19-5-2/h6-9,11-12H,4-5,10H2,1-3H3,(H,19,22)/t12-/m0/s1. The molecular weight excluding hydrogens is 324 g/mol. The lowest BCUT2D eigenvalue weighted by Crippen LogP contribution is -2.35. The number of nitrogens with one attached hydrogen (secondary N) is 1. The second-order valence-corrected chi connectivity index (χ2v) is 6.26. The Hall–Kier alpha value is -2.21. The first-order valence-corrected chi connectivity index (χ1v) is 8.92. The highest BCUT2D eigenvalue weighted by Gasteiger charge is 2.18. The lowest BCUT2D eigenvalue weighted by atomic mass is 10.1. The number of aryl methyl sites for hydroxylation is 1. The zero-order chi connectivity index (χ0) is 17.5. The number of hydrogen-bond acceptors (Lipinski definition) is 5. The van der Waals surface area contributed by atoms with Gasteiger partial charge in [0.15, 0.2) is 6.10 Å². The lowest BCUT2D eigenvalue weighted by Gasteiger charge is -2.11. The van der Waals surface area contributed by atoms with E-state index in [1.165, 1.54) is 16.9 Å². The van der Waals surface area contributed by atoms with Crippen LogP contribution >= 0.6 is 11.3 Å². The first-order valence-electron chi connectivity index (χ1n) is 8.04. The van der Waals surface area contributed by atoms with E-state index in [4.69, 9.17) is 4.74 Å². The molecule has 1 heterocycles. The van der Waals surface area contributed by atoms with Crippen molar-refractivity contribution in [3.05, 3.63) is 40.9 Å². The average Bonchev–Trinajstić information content (AvgIpc) is 3.03. The van der Waals surface area contributed by atoms with Gasteiger partial charge < -0.3 is 10.1 Å². The molecule has 2 rings (SSSR count). The normalized spacial score (nSPS) is 11.8. The number of carbonyl (C=O) groups is 2. The molecule has 0 unspecified atom stereocenters. The van der Waals surface area contributed by atoms with Crippen molar-refractivity contribution in [1.82, 2.24) is 10.3 Å². The number of benzene rings is 1. The van der Waals surface area contributed by atoms with Crippen molar-refractivity contribution in [2.75, 3.05) is 6.54 Å². The number of esters is 1. The number of amides is 1. The molecular formula is C18H22N2O3S. The Morgan fingerprint density at radius 2 is 1.96 bits per heavy atom. The molecule has 0 bridgehead atoms. The number of nitrogens with zero attached hydrogens (tertiary/aromatic N) is 1. The monoisotopic (exact) mass is 346 g/mol. The average molecular weight is 346 g/mol. The molecule has 0 aliphatic heterocycles. The Morgan fingerprint density at radius 1 is 1.25 bits per heavy atom. The molecule has 1 atom stereocenters. The predicted octanol–water partition coefficient (Wildman–Crippen LogP) is 2.98. The molecule has 1 aromatic carbocycles. The number of thiazole rings is 1. The Morgan fingerprint density at radius 3 is 2.58 bits per heavy atom. The molecule has 6 heteroatoms. The van der Waals surface area contributed by atoms with Crippen LogP contribution in [0.3, 0.4) is 0 Å². The summed E-state index contributed by atoms with van der Waals surface area (Å²) in [5.41, 5.74) is 2.97. The van der Waals surface area contributed by atoms with Crippen LogP contribution in [0.4, 0.5) is 0 Å². The van der Waals surface area contributed by atoms with Crippen molar-refractivity contribution in [2.24, 2.45) is 0 Å². The summed E-state index contributed by atoms with van der Waals surface area (Å²) >= 11 is 1.49. The molecule has 0 fully saturated rings. The molecule has 128 valence electrons. The largest absolute Gasteiger partial charge is 0.452 e. The minimum Gasteiger partial charge on any atom is -0.452 e. The molecule has 0 saturated heterocycles. The predicted molar refractivity (Wildman–Crippen MR) is 94.9 cm³/mol. The van der Waals surface area contributed by atoms with E-state index in [0.717, 1.165) is 17.0 Å². The van der Waals surface area contributed by atoms with Crippen molar-refractivity contribution >= 4 is 23.2 Å². The molecule has 0 radical (unpaired) electrons. The maximum atomic E-state index is 11.9. The molecule has 1 aromatic heterocycles. The quantitative estimate of drug-likeness (QED) is 0.783. The molecule has 24 heavy (non-hydrogen) atoms. The number of rotatable bonds is 7. The van der Waals surface area contributed by atoms with E-state index in [1.54, 1.807) is 6.92 Å². The summed E-state index contributed by atoms with van der Waals surface area (Å²) in [4.78, 5) is 28.0. The van der Waals surface area contributed by atoms with Gasteiger partial charge in [-0.2, -0.15) is 0 Å². The summed E-state index contributed by atoms with van der Waals surface area (Å²) in [5.74, 6) is -0.743. The van der Waals surface area contributed by atoms with E-state index in [9.17, 15) is 9.59 Å². The highest BCUT2D eigenvalue weighted by atomic mass is 32.1. The fraction of sp³-hybridized carbons (Fsp3) is 0.389. The van der Waals surface area contributed by atoms with Gasteiger partial charge in [-0.25, -0.2) is 4.98 Å². The van der Waals surface area contributed by atoms with E-state index in [-0.39, 0.29) is 12.3 Å². The van der Waals surface area contributed by atoms with E-state index >= 15 is 0 Å². The Labute approximate surface area is 146 Å². The van der Waals surface area contributed by atoms with Crippen molar-refractivity contribution in [3.8, 4) is 10.6 Å². The fourth-order valence-electron chi connectivity index (χ4n) is 2.16. The summed E-state index contributed by atoms with van der Waals surface area (Å²) < 4.78 is 5.13. The Kier molecular flexibility index (Phi) is 6.49. The maximum Gasteiger partial charge on any atom is 0.312 e. The zero-order valence-electron chi connectivity index (χ0n) is 14.2. The minimum absolute atomic E-state index is 0.0628. The van der Waals surface area contributed by atoms with Crippen LogP contribution in [0.1, 0.15) is 32.0 Å². The first-order chi connectivity index (χ1) is 11.5. The van der Waals surface area contributed by atoms with Gasteiger partial charge >= 0.3 is 5.97 Å². The number of likely N-dealkylation sites (N-methyl/N-ethyl adjacent to an activating group) is 1. The lowest BCUT2D eigenvalue weighted by molar-refractivity contribution is -0.154. The summed E-state index contributed by atoms with van der Waals surface area (Å²) in [5, 5.41) is 5.34. The number of carbonyl (C=O) groups excluding carboxylic acids is 2. The molecule has 2 aromatic rings. The first kappa shape index (κ1) is 18.1. The third-order valence-electron chi connectivity index (χ3n) is 3.51. The van der Waals surface area contributed by atoms with Gasteiger partial charge in [0.1, 0.15) is 5.01 Å². The minimum atomic E-state index is -0.794. The van der Waals surface area contributed by atoms with Crippen LogP contribution in [0.5, 0.6) is 0 Å². The maximum absolute atomic E-state index is 11.9.